The molecular formula is C14H22N4O2S2. The van der Waals surface area contributed by atoms with Crippen LogP contribution in [0.1, 0.15) is 31.5 Å². The first-order valence-electron chi connectivity index (χ1n) is 7.14. The minimum Gasteiger partial charge on any atom is -0.336 e. The fraction of sp³-hybridized carbons (Fsp3) is 0.571. The highest BCUT2D eigenvalue weighted by Gasteiger charge is 2.17. The van der Waals surface area contributed by atoms with Crippen molar-refractivity contribution in [2.75, 3.05) is 12.3 Å². The van der Waals surface area contributed by atoms with Crippen LogP contribution in [-0.2, 0) is 28.4 Å². The van der Waals surface area contributed by atoms with Crippen molar-refractivity contribution in [2.45, 2.75) is 39.2 Å². The van der Waals surface area contributed by atoms with Gasteiger partial charge >= 0.3 is 0 Å². The van der Waals surface area contributed by atoms with E-state index in [1.807, 2.05) is 5.38 Å². The number of hydrogen-bond donors (Lipinski definition) is 1. The topological polar surface area (TPSA) is 76.9 Å². The van der Waals surface area contributed by atoms with Crippen LogP contribution in [-0.4, -0.2) is 35.3 Å². The Balaban J connectivity index is 1.78. The van der Waals surface area contributed by atoms with Crippen LogP contribution in [0.25, 0.3) is 0 Å². The molecule has 0 aliphatic rings. The van der Waals surface area contributed by atoms with E-state index < -0.39 is 10.0 Å². The van der Waals surface area contributed by atoms with Gasteiger partial charge in [-0.3, -0.25) is 0 Å². The zero-order valence-corrected chi connectivity index (χ0v) is 14.7. The number of sulfonamides is 1. The van der Waals surface area contributed by atoms with E-state index in [0.29, 0.717) is 19.5 Å². The van der Waals surface area contributed by atoms with Gasteiger partial charge in [0.25, 0.3) is 0 Å². The Morgan fingerprint density at radius 1 is 1.36 bits per heavy atom. The van der Waals surface area contributed by atoms with Gasteiger partial charge in [-0.15, -0.1) is 11.3 Å². The normalized spacial score (nSPS) is 12.7. The molecular weight excluding hydrogens is 320 g/mol. The lowest BCUT2D eigenvalue weighted by Gasteiger charge is -2.14. The maximum Gasteiger partial charge on any atom is 0.213 e. The van der Waals surface area contributed by atoms with Crippen molar-refractivity contribution in [3.05, 3.63) is 34.8 Å². The monoisotopic (exact) mass is 342 g/mol. The molecule has 0 bridgehead atoms. The van der Waals surface area contributed by atoms with E-state index in [2.05, 4.69) is 35.5 Å². The van der Waals surface area contributed by atoms with Crippen LogP contribution in [0, 0.1) is 0 Å². The highest BCUT2D eigenvalue weighted by Crippen LogP contribution is 2.23. The number of nitrogens with one attached hydrogen (secondary N) is 1. The standard InChI is InChI=1S/C14H22N4O2S2/c1-14(2,3)12-10-21-13(17-12)4-5-16-22(19,20)9-8-18-7-6-15-11-18/h6-7,10-11,16H,4-5,8-9H2,1-3H3. The SMILES string of the molecule is CC(C)(C)c1csc(CCNS(=O)(=O)CCn2ccnc2)n1. The molecule has 0 aliphatic carbocycles. The van der Waals surface area contributed by atoms with E-state index in [9.17, 15) is 8.42 Å². The molecule has 0 fully saturated rings. The molecule has 0 saturated carbocycles. The van der Waals surface area contributed by atoms with Crippen molar-refractivity contribution >= 4 is 21.4 Å². The summed E-state index contributed by atoms with van der Waals surface area (Å²) in [6.07, 6.45) is 5.61. The molecule has 2 aromatic rings. The molecule has 0 radical (unpaired) electrons. The van der Waals surface area contributed by atoms with Crippen molar-refractivity contribution in [3.63, 3.8) is 0 Å². The van der Waals surface area contributed by atoms with Gasteiger partial charge in [0, 0.05) is 42.7 Å². The van der Waals surface area contributed by atoms with Gasteiger partial charge in [0.2, 0.25) is 10.0 Å². The predicted molar refractivity (Wildman–Crippen MR) is 88.5 cm³/mol. The second kappa shape index (κ2) is 6.89. The van der Waals surface area contributed by atoms with Crippen LogP contribution in [0.3, 0.4) is 0 Å². The Hall–Kier alpha value is -1.25. The molecule has 0 aromatic carbocycles. The van der Waals surface area contributed by atoms with Crippen LogP contribution in [0.2, 0.25) is 0 Å². The molecule has 1 N–H and O–H groups in total. The molecule has 0 unspecified atom stereocenters. The Labute approximate surface area is 135 Å². The van der Waals surface area contributed by atoms with Crippen LogP contribution in [0.15, 0.2) is 24.1 Å². The average Bonchev–Trinajstić information content (AvgIpc) is 3.07. The van der Waals surface area contributed by atoms with Gasteiger partial charge in [0.1, 0.15) is 0 Å². The number of rotatable bonds is 7. The number of aryl methyl sites for hydroxylation is 1. The van der Waals surface area contributed by atoms with Gasteiger partial charge in [0.15, 0.2) is 0 Å². The van der Waals surface area contributed by atoms with Crippen molar-refractivity contribution in [1.82, 2.24) is 19.3 Å². The summed E-state index contributed by atoms with van der Waals surface area (Å²) in [6.45, 7) is 7.13. The van der Waals surface area contributed by atoms with Crippen molar-refractivity contribution < 1.29 is 8.42 Å². The summed E-state index contributed by atoms with van der Waals surface area (Å²) >= 11 is 1.58. The first kappa shape index (κ1) is 17.1. The fourth-order valence-electron chi connectivity index (χ4n) is 1.80. The van der Waals surface area contributed by atoms with Crippen molar-refractivity contribution in [2.24, 2.45) is 0 Å². The molecule has 0 spiro atoms. The first-order valence-corrected chi connectivity index (χ1v) is 9.67. The number of nitrogens with zero attached hydrogens (tertiary/aromatic N) is 3. The molecule has 0 amide bonds. The first-order chi connectivity index (χ1) is 10.3. The number of hydrogen-bond acceptors (Lipinski definition) is 5. The summed E-state index contributed by atoms with van der Waals surface area (Å²) in [5.41, 5.74) is 1.08. The lowest BCUT2D eigenvalue weighted by molar-refractivity contribution is 0.567. The molecule has 2 heterocycles. The minimum atomic E-state index is -3.27. The van der Waals surface area contributed by atoms with Crippen LogP contribution in [0.5, 0.6) is 0 Å². The third kappa shape index (κ3) is 5.19. The summed E-state index contributed by atoms with van der Waals surface area (Å²) < 4.78 is 28.2. The van der Waals surface area contributed by atoms with Crippen LogP contribution in [0.4, 0.5) is 0 Å². The van der Waals surface area contributed by atoms with Gasteiger partial charge < -0.3 is 4.57 Å². The zero-order chi connectivity index (χ0) is 16.2. The van der Waals surface area contributed by atoms with Gasteiger partial charge in [-0.05, 0) is 0 Å². The van der Waals surface area contributed by atoms with E-state index in [1.54, 1.807) is 34.6 Å². The summed E-state index contributed by atoms with van der Waals surface area (Å²) in [7, 11) is -3.27. The van der Waals surface area contributed by atoms with E-state index in [1.165, 1.54) is 0 Å². The Kier molecular flexibility index (Phi) is 5.36. The van der Waals surface area contributed by atoms with E-state index in [4.69, 9.17) is 0 Å². The van der Waals surface area contributed by atoms with Crippen LogP contribution >= 0.6 is 11.3 Å². The van der Waals surface area contributed by atoms with Gasteiger partial charge in [-0.2, -0.15) is 0 Å². The summed E-state index contributed by atoms with van der Waals surface area (Å²) in [4.78, 5) is 8.45. The van der Waals surface area contributed by atoms with E-state index in [0.717, 1.165) is 10.7 Å². The lowest BCUT2D eigenvalue weighted by Crippen LogP contribution is -2.30. The van der Waals surface area contributed by atoms with E-state index >= 15 is 0 Å². The highest BCUT2D eigenvalue weighted by atomic mass is 32.2. The number of imidazole rings is 1. The lowest BCUT2D eigenvalue weighted by atomic mass is 9.93. The maximum absolute atomic E-state index is 11.9. The zero-order valence-electron chi connectivity index (χ0n) is 13.1. The summed E-state index contributed by atoms with van der Waals surface area (Å²) in [6, 6.07) is 0. The molecule has 0 saturated heterocycles. The molecule has 0 atom stereocenters. The molecule has 0 aliphatic heterocycles. The fourth-order valence-corrected chi connectivity index (χ4v) is 3.83. The smallest absolute Gasteiger partial charge is 0.213 e. The quantitative estimate of drug-likeness (QED) is 0.832. The molecule has 6 nitrogen and oxygen atoms in total. The number of aromatic nitrogens is 3. The van der Waals surface area contributed by atoms with E-state index in [-0.39, 0.29) is 11.2 Å². The number of thiazole rings is 1. The van der Waals surface area contributed by atoms with Gasteiger partial charge in [0.05, 0.1) is 22.8 Å². The minimum absolute atomic E-state index is 0.0268. The largest absolute Gasteiger partial charge is 0.336 e. The van der Waals surface area contributed by atoms with Gasteiger partial charge in [-0.25, -0.2) is 23.1 Å². The predicted octanol–water partition coefficient (Wildman–Crippen LogP) is 1.80. The Morgan fingerprint density at radius 3 is 2.73 bits per heavy atom. The van der Waals surface area contributed by atoms with Gasteiger partial charge in [-0.1, -0.05) is 20.8 Å². The maximum atomic E-state index is 11.9. The summed E-state index contributed by atoms with van der Waals surface area (Å²) in [5, 5.41) is 3.00. The molecule has 22 heavy (non-hydrogen) atoms. The third-order valence-electron chi connectivity index (χ3n) is 3.16. The Morgan fingerprint density at radius 2 is 2.14 bits per heavy atom. The third-order valence-corrected chi connectivity index (χ3v) is 5.43. The van der Waals surface area contributed by atoms with Crippen molar-refractivity contribution in [3.8, 4) is 0 Å². The average molecular weight is 342 g/mol. The van der Waals surface area contributed by atoms with Crippen molar-refractivity contribution in [1.29, 1.82) is 0 Å². The second-order valence-corrected chi connectivity index (χ2v) is 9.01. The second-order valence-electron chi connectivity index (χ2n) is 6.14. The molecule has 8 heteroatoms. The molecule has 2 rings (SSSR count). The van der Waals surface area contributed by atoms with Crippen LogP contribution < -0.4 is 4.72 Å². The molecule has 122 valence electrons. The molecule has 2 aromatic heterocycles. The Bertz CT molecular complexity index is 685. The highest BCUT2D eigenvalue weighted by molar-refractivity contribution is 7.89. The summed E-state index contributed by atoms with van der Waals surface area (Å²) in [5.74, 6) is 0.0501.